The molecular formula is C70H136O17P2. The molecule has 0 rings (SSSR count). The van der Waals surface area contributed by atoms with Crippen molar-refractivity contribution in [1.82, 2.24) is 0 Å². The van der Waals surface area contributed by atoms with Gasteiger partial charge in [-0.1, -0.05) is 311 Å². The van der Waals surface area contributed by atoms with Gasteiger partial charge in [-0.3, -0.25) is 37.3 Å². The fraction of sp³-hybridized carbons (Fsp3) is 0.943. The van der Waals surface area contributed by atoms with Crippen LogP contribution in [0.3, 0.4) is 0 Å². The maximum Gasteiger partial charge on any atom is 0.472 e. The molecule has 0 saturated carbocycles. The largest absolute Gasteiger partial charge is 0.472 e. The number of aliphatic hydroxyl groups excluding tert-OH is 1. The fourth-order valence-corrected chi connectivity index (χ4v) is 12.2. The van der Waals surface area contributed by atoms with Crippen LogP contribution in [0.5, 0.6) is 0 Å². The summed E-state index contributed by atoms with van der Waals surface area (Å²) in [4.78, 5) is 72.4. The summed E-state index contributed by atoms with van der Waals surface area (Å²) in [6, 6.07) is 0. The van der Waals surface area contributed by atoms with E-state index in [-0.39, 0.29) is 25.7 Å². The molecule has 89 heavy (non-hydrogen) atoms. The number of unbranched alkanes of at least 4 members (excludes halogenated alkanes) is 42. The van der Waals surface area contributed by atoms with Crippen LogP contribution >= 0.6 is 15.6 Å². The van der Waals surface area contributed by atoms with Crippen LogP contribution in [0.2, 0.25) is 0 Å². The van der Waals surface area contributed by atoms with Crippen molar-refractivity contribution in [1.29, 1.82) is 0 Å². The normalized spacial score (nSPS) is 14.1. The molecule has 0 bridgehead atoms. The maximum atomic E-state index is 13.0. The second-order valence-corrected chi connectivity index (χ2v) is 28.7. The lowest BCUT2D eigenvalue weighted by atomic mass is 10.0. The van der Waals surface area contributed by atoms with Gasteiger partial charge in [0, 0.05) is 25.7 Å². The molecule has 0 radical (unpaired) electrons. The van der Waals surface area contributed by atoms with Gasteiger partial charge in [-0.2, -0.15) is 0 Å². The summed E-state index contributed by atoms with van der Waals surface area (Å²) in [6.45, 7) is 7.17. The molecule has 0 aliphatic rings. The van der Waals surface area contributed by atoms with Crippen LogP contribution in [0.1, 0.15) is 362 Å². The third-order valence-corrected chi connectivity index (χ3v) is 18.2. The van der Waals surface area contributed by atoms with E-state index in [2.05, 4.69) is 34.6 Å². The van der Waals surface area contributed by atoms with Crippen molar-refractivity contribution in [2.75, 3.05) is 39.6 Å². The molecule has 0 spiro atoms. The van der Waals surface area contributed by atoms with Crippen molar-refractivity contribution in [3.05, 3.63) is 0 Å². The van der Waals surface area contributed by atoms with Crippen molar-refractivity contribution in [2.24, 2.45) is 5.92 Å². The summed E-state index contributed by atoms with van der Waals surface area (Å²) >= 11 is 0. The van der Waals surface area contributed by atoms with Crippen LogP contribution in [-0.2, 0) is 65.4 Å². The number of carbonyl (C=O) groups is 4. The highest BCUT2D eigenvalue weighted by molar-refractivity contribution is 7.47. The molecule has 3 N–H and O–H groups in total. The summed E-state index contributed by atoms with van der Waals surface area (Å²) < 4.78 is 68.2. The summed E-state index contributed by atoms with van der Waals surface area (Å²) in [6.07, 6.45) is 50.1. The van der Waals surface area contributed by atoms with Crippen LogP contribution in [0, 0.1) is 5.92 Å². The molecule has 0 amide bonds. The molecule has 0 fully saturated rings. The highest BCUT2D eigenvalue weighted by Gasteiger charge is 2.30. The lowest BCUT2D eigenvalue weighted by Gasteiger charge is -2.21. The first-order chi connectivity index (χ1) is 43.0. The van der Waals surface area contributed by atoms with E-state index >= 15 is 0 Å². The van der Waals surface area contributed by atoms with Crippen molar-refractivity contribution in [3.8, 4) is 0 Å². The number of hydrogen-bond acceptors (Lipinski definition) is 15. The van der Waals surface area contributed by atoms with Gasteiger partial charge < -0.3 is 33.8 Å². The molecule has 2 unspecified atom stereocenters. The number of aliphatic hydroxyl groups is 1. The van der Waals surface area contributed by atoms with Crippen molar-refractivity contribution in [3.63, 3.8) is 0 Å². The van der Waals surface area contributed by atoms with Crippen molar-refractivity contribution >= 4 is 39.5 Å². The monoisotopic (exact) mass is 1310 g/mol. The van der Waals surface area contributed by atoms with Gasteiger partial charge in [-0.25, -0.2) is 9.13 Å². The number of phosphoric ester groups is 2. The third-order valence-electron chi connectivity index (χ3n) is 16.3. The van der Waals surface area contributed by atoms with E-state index in [1.807, 2.05) is 0 Å². The molecule has 0 aromatic carbocycles. The quantitative estimate of drug-likeness (QED) is 0.0222. The topological polar surface area (TPSA) is 237 Å². The van der Waals surface area contributed by atoms with Crippen LogP contribution in [0.4, 0.5) is 0 Å². The number of hydrogen-bond donors (Lipinski definition) is 3. The van der Waals surface area contributed by atoms with E-state index in [9.17, 15) is 43.2 Å². The summed E-state index contributed by atoms with van der Waals surface area (Å²) in [5.41, 5.74) is 0. The van der Waals surface area contributed by atoms with E-state index in [0.717, 1.165) is 109 Å². The highest BCUT2D eigenvalue weighted by atomic mass is 31.2. The lowest BCUT2D eigenvalue weighted by Crippen LogP contribution is -2.30. The average Bonchev–Trinajstić information content (AvgIpc) is 3.63. The van der Waals surface area contributed by atoms with Gasteiger partial charge in [-0.05, 0) is 31.6 Å². The predicted molar refractivity (Wildman–Crippen MR) is 358 cm³/mol. The Labute approximate surface area is 543 Å². The van der Waals surface area contributed by atoms with E-state index < -0.39 is 97.5 Å². The first-order valence-electron chi connectivity index (χ1n) is 36.6. The average molecular weight is 1310 g/mol. The van der Waals surface area contributed by atoms with E-state index in [0.29, 0.717) is 25.7 Å². The Morgan fingerprint density at radius 3 is 0.764 bits per heavy atom. The van der Waals surface area contributed by atoms with Crippen LogP contribution in [0.15, 0.2) is 0 Å². The van der Waals surface area contributed by atoms with Crippen LogP contribution < -0.4 is 0 Å². The minimum Gasteiger partial charge on any atom is -0.462 e. The molecule has 0 aliphatic heterocycles. The SMILES string of the molecule is CCCCCCCCCCCCCCCCCCCCC(=O)O[C@H](COC(=O)CCCCCCCCCCCCCCC)COP(=O)(O)OC[C@@H](O)COP(=O)(O)OC[C@@H](COC(=O)CCCCCCCCC)OC(=O)CCCCCCCCCCC(C)C. The van der Waals surface area contributed by atoms with Crippen molar-refractivity contribution < 1.29 is 80.2 Å². The maximum absolute atomic E-state index is 13.0. The number of ether oxygens (including phenoxy) is 4. The van der Waals surface area contributed by atoms with Gasteiger partial charge in [0.25, 0.3) is 0 Å². The predicted octanol–water partition coefficient (Wildman–Crippen LogP) is 20.1. The summed E-state index contributed by atoms with van der Waals surface area (Å²) in [5.74, 6) is -1.41. The second-order valence-electron chi connectivity index (χ2n) is 25.7. The number of phosphoric acid groups is 2. The Kier molecular flexibility index (Phi) is 62.1. The van der Waals surface area contributed by atoms with Crippen LogP contribution in [0.25, 0.3) is 0 Å². The van der Waals surface area contributed by atoms with Crippen molar-refractivity contribution in [2.45, 2.75) is 380 Å². The van der Waals surface area contributed by atoms with Crippen LogP contribution in [-0.4, -0.2) is 96.7 Å². The molecule has 19 heteroatoms. The van der Waals surface area contributed by atoms with Gasteiger partial charge in [0.2, 0.25) is 0 Å². The Bertz CT molecular complexity index is 1720. The van der Waals surface area contributed by atoms with E-state index in [4.69, 9.17) is 37.0 Å². The number of carbonyl (C=O) groups excluding carboxylic acids is 4. The Hall–Kier alpha value is -1.94. The summed E-state index contributed by atoms with van der Waals surface area (Å²) in [7, 11) is -9.89. The number of rotatable bonds is 70. The molecule has 528 valence electrons. The van der Waals surface area contributed by atoms with Gasteiger partial charge in [0.05, 0.1) is 26.4 Å². The zero-order valence-electron chi connectivity index (χ0n) is 57.6. The molecule has 0 aromatic rings. The van der Waals surface area contributed by atoms with Gasteiger partial charge in [-0.15, -0.1) is 0 Å². The Balaban J connectivity index is 5.19. The van der Waals surface area contributed by atoms with Gasteiger partial charge >= 0.3 is 39.5 Å². The Morgan fingerprint density at radius 1 is 0.303 bits per heavy atom. The standard InChI is InChI=1S/C70H136O17P2/c1-6-9-12-15-18-20-22-24-25-26-27-28-30-32-34-40-45-50-55-69(74)86-66(60-81-68(73)54-49-44-39-33-31-29-23-21-19-16-13-10-7-2)62-85-89(78,79)83-58-64(71)57-82-88(76,77)84-61-65(59-80-67(72)53-48-43-37-17-14-11-8-3)87-70(75)56-51-46-41-36-35-38-42-47-52-63(4)5/h63-66,71H,6-62H2,1-5H3,(H,76,77)(H,78,79)/t64-,65+,66+/m0/s1. The first-order valence-corrected chi connectivity index (χ1v) is 39.6. The third kappa shape index (κ3) is 64.6. The highest BCUT2D eigenvalue weighted by Crippen LogP contribution is 2.45. The summed E-state index contributed by atoms with van der Waals surface area (Å²) in [5, 5.41) is 10.6. The molecule has 0 saturated heterocycles. The molecule has 5 atom stereocenters. The van der Waals surface area contributed by atoms with E-state index in [1.54, 1.807) is 0 Å². The first kappa shape index (κ1) is 87.1. The lowest BCUT2D eigenvalue weighted by molar-refractivity contribution is -0.161. The van der Waals surface area contributed by atoms with Gasteiger partial charge in [0.15, 0.2) is 12.2 Å². The smallest absolute Gasteiger partial charge is 0.462 e. The zero-order valence-corrected chi connectivity index (χ0v) is 59.4. The number of esters is 4. The fourth-order valence-electron chi connectivity index (χ4n) is 10.6. The molecule has 0 aliphatic carbocycles. The second kappa shape index (κ2) is 63.5. The van der Waals surface area contributed by atoms with E-state index in [1.165, 1.54) is 173 Å². The minimum absolute atomic E-state index is 0.104. The minimum atomic E-state index is -4.95. The molecular weight excluding hydrogens is 1170 g/mol. The van der Waals surface area contributed by atoms with Gasteiger partial charge in [0.1, 0.15) is 19.3 Å². The molecule has 0 aromatic heterocycles. The Morgan fingerprint density at radius 2 is 0.517 bits per heavy atom. The molecule has 17 nitrogen and oxygen atoms in total. The molecule has 0 heterocycles. The zero-order chi connectivity index (χ0) is 65.6.